The molecule has 2 N–H and O–H groups in total. The van der Waals surface area contributed by atoms with Gasteiger partial charge in [0.05, 0.1) is 24.0 Å². The van der Waals surface area contributed by atoms with Crippen LogP contribution in [0.3, 0.4) is 0 Å². The highest BCUT2D eigenvalue weighted by molar-refractivity contribution is 6.18. The minimum absolute atomic E-state index is 0.0284. The highest BCUT2D eigenvalue weighted by Crippen LogP contribution is 2.32. The second kappa shape index (κ2) is 5.48. The van der Waals surface area contributed by atoms with Crippen LogP contribution in [0.4, 0.5) is 11.4 Å². The molecule has 6 heteroatoms. The van der Waals surface area contributed by atoms with E-state index in [0.29, 0.717) is 24.5 Å². The largest absolute Gasteiger partial charge is 0.465 e. The van der Waals surface area contributed by atoms with Crippen LogP contribution < -0.4 is 10.6 Å². The van der Waals surface area contributed by atoms with Gasteiger partial charge in [-0.1, -0.05) is 6.07 Å². The summed E-state index contributed by atoms with van der Waals surface area (Å²) < 4.78 is 4.66. The van der Waals surface area contributed by atoms with Crippen LogP contribution in [-0.2, 0) is 9.53 Å². The normalized spacial score (nSPS) is 18.7. The Bertz CT molecular complexity index is 519. The number of methoxy groups -OCH3 is 1. The summed E-state index contributed by atoms with van der Waals surface area (Å²) in [5.41, 5.74) is 7.03. The van der Waals surface area contributed by atoms with Gasteiger partial charge in [0.15, 0.2) is 0 Å². The number of nitrogens with zero attached hydrogens (tertiary/aromatic N) is 1. The van der Waals surface area contributed by atoms with E-state index in [4.69, 9.17) is 17.3 Å². The van der Waals surface area contributed by atoms with Gasteiger partial charge in [0.2, 0.25) is 5.91 Å². The number of carbonyl (C=O) groups is 2. The van der Waals surface area contributed by atoms with Crippen molar-refractivity contribution in [3.05, 3.63) is 23.8 Å². The summed E-state index contributed by atoms with van der Waals surface area (Å²) >= 11 is 5.79. The molecule has 1 unspecified atom stereocenters. The number of ether oxygens (including phenoxy) is 1. The number of anilines is 2. The number of nitrogen functional groups attached to an aromatic ring is 1. The summed E-state index contributed by atoms with van der Waals surface area (Å²) in [5.74, 6) is 0.00774. The van der Waals surface area contributed by atoms with Crippen molar-refractivity contribution in [1.82, 2.24) is 0 Å². The van der Waals surface area contributed by atoms with E-state index in [2.05, 4.69) is 4.74 Å². The second-order valence-electron chi connectivity index (χ2n) is 4.46. The van der Waals surface area contributed by atoms with Gasteiger partial charge in [-0.15, -0.1) is 11.6 Å². The standard InChI is InChI=1S/C13H15ClN2O3/c1-19-13(18)9-3-2-4-10(12(9)15)16-7-8(6-14)5-11(16)17/h2-4,8H,5-7,15H2,1H3. The van der Waals surface area contributed by atoms with Crippen molar-refractivity contribution in [3.63, 3.8) is 0 Å². The van der Waals surface area contributed by atoms with E-state index in [1.165, 1.54) is 7.11 Å². The van der Waals surface area contributed by atoms with Gasteiger partial charge in [-0.25, -0.2) is 4.79 Å². The molecular formula is C13H15ClN2O3. The molecule has 1 saturated heterocycles. The van der Waals surface area contributed by atoms with Crippen LogP contribution in [0.1, 0.15) is 16.8 Å². The topological polar surface area (TPSA) is 72.6 Å². The third-order valence-electron chi connectivity index (χ3n) is 3.20. The Morgan fingerprint density at radius 3 is 2.89 bits per heavy atom. The van der Waals surface area contributed by atoms with Crippen LogP contribution in [0.15, 0.2) is 18.2 Å². The first-order chi connectivity index (χ1) is 9.08. The number of hydrogen-bond acceptors (Lipinski definition) is 4. The molecule has 102 valence electrons. The Kier molecular flexibility index (Phi) is 3.95. The van der Waals surface area contributed by atoms with Crippen molar-refractivity contribution in [1.29, 1.82) is 0 Å². The number of hydrogen-bond donors (Lipinski definition) is 1. The van der Waals surface area contributed by atoms with Crippen molar-refractivity contribution < 1.29 is 14.3 Å². The number of benzene rings is 1. The summed E-state index contributed by atoms with van der Waals surface area (Å²) in [4.78, 5) is 25.1. The van der Waals surface area contributed by atoms with Crippen molar-refractivity contribution >= 4 is 34.9 Å². The van der Waals surface area contributed by atoms with E-state index in [1.54, 1.807) is 23.1 Å². The van der Waals surface area contributed by atoms with Gasteiger partial charge in [-0.3, -0.25) is 4.79 Å². The smallest absolute Gasteiger partial charge is 0.340 e. The van der Waals surface area contributed by atoms with Crippen LogP contribution >= 0.6 is 11.6 Å². The Hall–Kier alpha value is -1.75. The molecule has 1 amide bonds. The summed E-state index contributed by atoms with van der Waals surface area (Å²) in [5, 5.41) is 0. The zero-order valence-corrected chi connectivity index (χ0v) is 11.3. The predicted molar refractivity (Wildman–Crippen MR) is 73.4 cm³/mol. The Balaban J connectivity index is 2.36. The molecule has 0 radical (unpaired) electrons. The number of rotatable bonds is 3. The Morgan fingerprint density at radius 1 is 1.58 bits per heavy atom. The van der Waals surface area contributed by atoms with Crippen molar-refractivity contribution in [2.45, 2.75) is 6.42 Å². The van der Waals surface area contributed by atoms with E-state index in [1.807, 2.05) is 0 Å². The summed E-state index contributed by atoms with van der Waals surface area (Å²) in [6, 6.07) is 4.97. The quantitative estimate of drug-likeness (QED) is 0.520. The van der Waals surface area contributed by atoms with Crippen LogP contribution in [0.2, 0.25) is 0 Å². The highest BCUT2D eigenvalue weighted by atomic mass is 35.5. The molecule has 1 heterocycles. The van der Waals surface area contributed by atoms with Crippen LogP contribution in [0, 0.1) is 5.92 Å². The van der Waals surface area contributed by atoms with Gasteiger partial charge in [0.1, 0.15) is 0 Å². The number of esters is 1. The molecule has 1 fully saturated rings. The number of alkyl halides is 1. The molecule has 0 aliphatic carbocycles. The van der Waals surface area contributed by atoms with E-state index >= 15 is 0 Å². The third kappa shape index (κ3) is 2.51. The van der Waals surface area contributed by atoms with Gasteiger partial charge < -0.3 is 15.4 Å². The van der Waals surface area contributed by atoms with Crippen LogP contribution in [0.5, 0.6) is 0 Å². The molecule has 19 heavy (non-hydrogen) atoms. The SMILES string of the molecule is COC(=O)c1cccc(N2CC(CCl)CC2=O)c1N. The fourth-order valence-corrected chi connectivity index (χ4v) is 2.40. The number of carbonyl (C=O) groups excluding carboxylic acids is 2. The van der Waals surface area contributed by atoms with Crippen molar-refractivity contribution in [3.8, 4) is 0 Å². The van der Waals surface area contributed by atoms with Crippen molar-refractivity contribution in [2.24, 2.45) is 5.92 Å². The maximum atomic E-state index is 11.9. The summed E-state index contributed by atoms with van der Waals surface area (Å²) in [6.45, 7) is 0.525. The lowest BCUT2D eigenvalue weighted by atomic mass is 10.1. The maximum absolute atomic E-state index is 11.9. The monoisotopic (exact) mass is 282 g/mol. The van der Waals surface area contributed by atoms with Crippen LogP contribution in [0.25, 0.3) is 0 Å². The zero-order chi connectivity index (χ0) is 14.0. The molecule has 1 aromatic carbocycles. The molecule has 1 aliphatic rings. The van der Waals surface area contributed by atoms with Crippen LogP contribution in [-0.4, -0.2) is 31.4 Å². The Labute approximate surface area is 116 Å². The molecule has 0 saturated carbocycles. The fraction of sp³-hybridized carbons (Fsp3) is 0.385. The molecule has 0 aromatic heterocycles. The molecule has 0 bridgehead atoms. The average molecular weight is 283 g/mol. The van der Waals surface area contributed by atoms with Gasteiger partial charge in [-0.05, 0) is 18.1 Å². The molecule has 2 rings (SSSR count). The number of halogens is 1. The first kappa shape index (κ1) is 13.7. The molecule has 1 aliphatic heterocycles. The number of para-hydroxylation sites is 1. The van der Waals surface area contributed by atoms with Gasteiger partial charge in [0, 0.05) is 18.8 Å². The predicted octanol–water partition coefficient (Wildman–Crippen LogP) is 1.65. The summed E-state index contributed by atoms with van der Waals surface area (Å²) in [6.07, 6.45) is 0.408. The van der Waals surface area contributed by atoms with E-state index in [-0.39, 0.29) is 23.1 Å². The molecule has 1 aromatic rings. The Morgan fingerprint density at radius 2 is 2.32 bits per heavy atom. The van der Waals surface area contributed by atoms with E-state index in [9.17, 15) is 9.59 Å². The van der Waals surface area contributed by atoms with Gasteiger partial charge >= 0.3 is 5.97 Å². The third-order valence-corrected chi connectivity index (χ3v) is 3.64. The number of nitrogens with two attached hydrogens (primary N) is 1. The summed E-state index contributed by atoms with van der Waals surface area (Å²) in [7, 11) is 1.29. The maximum Gasteiger partial charge on any atom is 0.340 e. The highest BCUT2D eigenvalue weighted by Gasteiger charge is 2.31. The number of amides is 1. The van der Waals surface area contributed by atoms with Gasteiger partial charge in [0.25, 0.3) is 0 Å². The van der Waals surface area contributed by atoms with Gasteiger partial charge in [-0.2, -0.15) is 0 Å². The fourth-order valence-electron chi connectivity index (χ4n) is 2.19. The second-order valence-corrected chi connectivity index (χ2v) is 4.77. The lowest BCUT2D eigenvalue weighted by molar-refractivity contribution is -0.117. The minimum atomic E-state index is -0.514. The first-order valence-corrected chi connectivity index (χ1v) is 6.45. The molecule has 0 spiro atoms. The molecular weight excluding hydrogens is 268 g/mol. The van der Waals surface area contributed by atoms with E-state index < -0.39 is 5.97 Å². The molecule has 1 atom stereocenters. The lowest BCUT2D eigenvalue weighted by Gasteiger charge is -2.19. The average Bonchev–Trinajstić information content (AvgIpc) is 2.79. The van der Waals surface area contributed by atoms with E-state index in [0.717, 1.165) is 0 Å². The lowest BCUT2D eigenvalue weighted by Crippen LogP contribution is -2.26. The minimum Gasteiger partial charge on any atom is -0.465 e. The van der Waals surface area contributed by atoms with Crippen molar-refractivity contribution in [2.75, 3.05) is 30.2 Å². The molecule has 5 nitrogen and oxygen atoms in total. The first-order valence-electron chi connectivity index (χ1n) is 5.91. The zero-order valence-electron chi connectivity index (χ0n) is 10.6.